The Balaban J connectivity index is 1.72. The largest absolute Gasteiger partial charge is 0.460 e. The third kappa shape index (κ3) is 3.09. The topological polar surface area (TPSA) is 68.3 Å². The minimum absolute atomic E-state index is 0.0920. The number of anilines is 1. The molecule has 112 valence electrons. The standard InChI is InChI=1S/C16H13ClN2O3/c17-14-6-5-10(8-18-14)9-22-16(21)12-7-15(20)19-13-4-2-1-3-11(12)13/h1-6,8,12H,7,9H2,(H,19,20). The number of hydrogen-bond donors (Lipinski definition) is 1. The number of esters is 1. The molecule has 0 bridgehead atoms. The molecule has 0 fully saturated rings. The highest BCUT2D eigenvalue weighted by atomic mass is 35.5. The second-order valence-corrected chi connectivity index (χ2v) is 5.38. The minimum Gasteiger partial charge on any atom is -0.460 e. The third-order valence-electron chi connectivity index (χ3n) is 3.45. The molecule has 22 heavy (non-hydrogen) atoms. The lowest BCUT2D eigenvalue weighted by Gasteiger charge is -2.24. The van der Waals surface area contributed by atoms with Crippen LogP contribution in [0.4, 0.5) is 5.69 Å². The van der Waals surface area contributed by atoms with E-state index in [1.807, 2.05) is 18.2 Å². The molecule has 0 radical (unpaired) electrons. The summed E-state index contributed by atoms with van der Waals surface area (Å²) in [6.07, 6.45) is 1.64. The Hall–Kier alpha value is -2.40. The highest BCUT2D eigenvalue weighted by Crippen LogP contribution is 2.32. The fourth-order valence-corrected chi connectivity index (χ4v) is 2.48. The van der Waals surface area contributed by atoms with Gasteiger partial charge in [0.25, 0.3) is 0 Å². The third-order valence-corrected chi connectivity index (χ3v) is 3.68. The maximum absolute atomic E-state index is 12.3. The number of ether oxygens (including phenoxy) is 1. The van der Waals surface area contributed by atoms with Gasteiger partial charge in [0.2, 0.25) is 5.91 Å². The summed E-state index contributed by atoms with van der Waals surface area (Å²) >= 11 is 5.71. The van der Waals surface area contributed by atoms with Crippen molar-refractivity contribution in [1.82, 2.24) is 4.98 Å². The Kier molecular flexibility index (Phi) is 4.06. The van der Waals surface area contributed by atoms with E-state index in [0.717, 1.165) is 11.1 Å². The molecule has 1 N–H and O–H groups in total. The van der Waals surface area contributed by atoms with Gasteiger partial charge in [0, 0.05) is 23.9 Å². The van der Waals surface area contributed by atoms with Gasteiger partial charge in [0.05, 0.1) is 5.92 Å². The second kappa shape index (κ2) is 6.15. The van der Waals surface area contributed by atoms with Crippen LogP contribution in [0, 0.1) is 0 Å². The summed E-state index contributed by atoms with van der Waals surface area (Å²) < 4.78 is 5.31. The van der Waals surface area contributed by atoms with Crippen LogP contribution in [0.25, 0.3) is 0 Å². The molecule has 1 amide bonds. The van der Waals surface area contributed by atoms with Crippen molar-refractivity contribution in [2.45, 2.75) is 18.9 Å². The van der Waals surface area contributed by atoms with Gasteiger partial charge in [-0.1, -0.05) is 35.9 Å². The molecular formula is C16H13ClN2O3. The van der Waals surface area contributed by atoms with E-state index < -0.39 is 11.9 Å². The molecule has 0 saturated carbocycles. The molecule has 0 spiro atoms. The zero-order chi connectivity index (χ0) is 15.5. The van der Waals surface area contributed by atoms with Crippen LogP contribution < -0.4 is 5.32 Å². The van der Waals surface area contributed by atoms with Crippen molar-refractivity contribution in [1.29, 1.82) is 0 Å². The average molecular weight is 317 g/mol. The zero-order valence-corrected chi connectivity index (χ0v) is 12.3. The van der Waals surface area contributed by atoms with Crippen LogP contribution in [0.2, 0.25) is 5.15 Å². The number of aromatic nitrogens is 1. The molecule has 1 aliphatic rings. The van der Waals surface area contributed by atoms with E-state index in [0.29, 0.717) is 10.8 Å². The number of carbonyl (C=O) groups excluding carboxylic acids is 2. The smallest absolute Gasteiger partial charge is 0.314 e. The Bertz CT molecular complexity index is 716. The van der Waals surface area contributed by atoms with Crippen LogP contribution >= 0.6 is 11.6 Å². The van der Waals surface area contributed by atoms with Gasteiger partial charge in [0.15, 0.2) is 0 Å². The van der Waals surface area contributed by atoms with Gasteiger partial charge in [-0.3, -0.25) is 9.59 Å². The number of rotatable bonds is 3. The van der Waals surface area contributed by atoms with Crippen molar-refractivity contribution >= 4 is 29.2 Å². The van der Waals surface area contributed by atoms with Crippen molar-refractivity contribution in [3.05, 3.63) is 58.9 Å². The molecule has 3 rings (SSSR count). The summed E-state index contributed by atoms with van der Waals surface area (Å²) in [5.74, 6) is -1.18. The number of pyridine rings is 1. The summed E-state index contributed by atoms with van der Waals surface area (Å²) in [5, 5.41) is 3.14. The van der Waals surface area contributed by atoms with E-state index in [9.17, 15) is 9.59 Å². The molecule has 0 saturated heterocycles. The van der Waals surface area contributed by atoms with Crippen molar-refractivity contribution in [3.8, 4) is 0 Å². The maximum atomic E-state index is 12.3. The summed E-state index contributed by atoms with van der Waals surface area (Å²) in [5.41, 5.74) is 2.18. The summed E-state index contributed by atoms with van der Waals surface area (Å²) in [6, 6.07) is 10.6. The lowest BCUT2D eigenvalue weighted by Crippen LogP contribution is -2.28. The monoisotopic (exact) mass is 316 g/mol. The quantitative estimate of drug-likeness (QED) is 0.698. The fourth-order valence-electron chi connectivity index (χ4n) is 2.37. The molecule has 1 aromatic heterocycles. The number of para-hydroxylation sites is 1. The Labute approximate surface area is 132 Å². The van der Waals surface area contributed by atoms with E-state index in [4.69, 9.17) is 16.3 Å². The van der Waals surface area contributed by atoms with Gasteiger partial charge in [-0.25, -0.2) is 4.98 Å². The number of hydrogen-bond acceptors (Lipinski definition) is 4. The number of benzene rings is 1. The fraction of sp³-hybridized carbons (Fsp3) is 0.188. The molecule has 1 unspecified atom stereocenters. The zero-order valence-electron chi connectivity index (χ0n) is 11.6. The molecule has 1 aromatic carbocycles. The molecule has 2 heterocycles. The highest BCUT2D eigenvalue weighted by molar-refractivity contribution is 6.29. The van der Waals surface area contributed by atoms with E-state index in [2.05, 4.69) is 10.3 Å². The first-order chi connectivity index (χ1) is 10.6. The van der Waals surface area contributed by atoms with Crippen LogP contribution in [-0.2, 0) is 20.9 Å². The van der Waals surface area contributed by atoms with Crippen LogP contribution in [0.5, 0.6) is 0 Å². The lowest BCUT2D eigenvalue weighted by atomic mass is 9.91. The van der Waals surface area contributed by atoms with E-state index in [-0.39, 0.29) is 18.9 Å². The summed E-state index contributed by atoms with van der Waals surface area (Å²) in [4.78, 5) is 27.9. The molecule has 1 atom stereocenters. The molecule has 0 aliphatic carbocycles. The highest BCUT2D eigenvalue weighted by Gasteiger charge is 2.31. The van der Waals surface area contributed by atoms with Gasteiger partial charge in [-0.2, -0.15) is 0 Å². The van der Waals surface area contributed by atoms with Gasteiger partial charge < -0.3 is 10.1 Å². The first kappa shape index (κ1) is 14.5. The normalized spacial score (nSPS) is 16.6. The number of nitrogens with zero attached hydrogens (tertiary/aromatic N) is 1. The van der Waals surface area contributed by atoms with E-state index >= 15 is 0 Å². The molecule has 5 nitrogen and oxygen atoms in total. The van der Waals surface area contributed by atoms with Crippen molar-refractivity contribution in [2.24, 2.45) is 0 Å². The van der Waals surface area contributed by atoms with Crippen molar-refractivity contribution in [2.75, 3.05) is 5.32 Å². The number of carbonyl (C=O) groups is 2. The Morgan fingerprint density at radius 1 is 1.32 bits per heavy atom. The average Bonchev–Trinajstić information content (AvgIpc) is 2.53. The van der Waals surface area contributed by atoms with E-state index in [1.54, 1.807) is 24.4 Å². The number of halogens is 1. The van der Waals surface area contributed by atoms with Gasteiger partial charge in [0.1, 0.15) is 11.8 Å². The van der Waals surface area contributed by atoms with Gasteiger partial charge >= 0.3 is 5.97 Å². The molecule has 2 aromatic rings. The van der Waals surface area contributed by atoms with Crippen LogP contribution in [0.1, 0.15) is 23.5 Å². The first-order valence-corrected chi connectivity index (χ1v) is 7.17. The maximum Gasteiger partial charge on any atom is 0.314 e. The second-order valence-electron chi connectivity index (χ2n) is 4.99. The molecule has 6 heteroatoms. The number of fused-ring (bicyclic) bond motifs is 1. The Morgan fingerprint density at radius 3 is 2.91 bits per heavy atom. The molecular weight excluding hydrogens is 304 g/mol. The van der Waals surface area contributed by atoms with Crippen molar-refractivity contribution in [3.63, 3.8) is 0 Å². The van der Waals surface area contributed by atoms with Gasteiger partial charge in [-0.05, 0) is 17.7 Å². The van der Waals surface area contributed by atoms with Crippen LogP contribution in [0.3, 0.4) is 0 Å². The first-order valence-electron chi connectivity index (χ1n) is 6.79. The lowest BCUT2D eigenvalue weighted by molar-refractivity contribution is -0.148. The van der Waals surface area contributed by atoms with E-state index in [1.165, 1.54) is 0 Å². The summed E-state index contributed by atoms with van der Waals surface area (Å²) in [7, 11) is 0. The number of nitrogens with one attached hydrogen (secondary N) is 1. The van der Waals surface area contributed by atoms with Crippen molar-refractivity contribution < 1.29 is 14.3 Å². The number of amides is 1. The van der Waals surface area contributed by atoms with Gasteiger partial charge in [-0.15, -0.1) is 0 Å². The van der Waals surface area contributed by atoms with Crippen LogP contribution in [-0.4, -0.2) is 16.9 Å². The molecule has 1 aliphatic heterocycles. The minimum atomic E-state index is -0.579. The predicted octanol–water partition coefficient (Wildman–Crippen LogP) is 2.90. The van der Waals surface area contributed by atoms with Crippen LogP contribution in [0.15, 0.2) is 42.6 Å². The predicted molar refractivity (Wildman–Crippen MR) is 81.5 cm³/mol. The summed E-state index contributed by atoms with van der Waals surface area (Å²) in [6.45, 7) is 0.100. The SMILES string of the molecule is O=C1CC(C(=O)OCc2ccc(Cl)nc2)c2ccccc2N1. The Morgan fingerprint density at radius 2 is 2.14 bits per heavy atom.